The van der Waals surface area contributed by atoms with Gasteiger partial charge in [0.15, 0.2) is 6.17 Å². The van der Waals surface area contributed by atoms with Crippen LogP contribution in [0.15, 0.2) is 24.5 Å². The fraction of sp³-hybridized carbons (Fsp3) is 0.485. The van der Waals surface area contributed by atoms with Crippen LogP contribution in [0.1, 0.15) is 53.5 Å². The van der Waals surface area contributed by atoms with Gasteiger partial charge in [-0.3, -0.25) is 10.2 Å². The predicted octanol–water partition coefficient (Wildman–Crippen LogP) is 7.43. The summed E-state index contributed by atoms with van der Waals surface area (Å²) in [5.74, 6) is -0.475. The number of carbonyl (C=O) groups excluding carboxylic acids is 3. The Kier molecular flexibility index (Phi) is 9.60. The lowest BCUT2D eigenvalue weighted by Crippen LogP contribution is -2.50. The van der Waals surface area contributed by atoms with Crippen LogP contribution < -0.4 is 15.0 Å². The van der Waals surface area contributed by atoms with Gasteiger partial charge in [0.1, 0.15) is 41.2 Å². The zero-order valence-electron chi connectivity index (χ0n) is 27.8. The number of ether oxygens (including phenoxy) is 4. The fourth-order valence-corrected chi connectivity index (χ4v) is 5.64. The van der Waals surface area contributed by atoms with E-state index in [1.165, 1.54) is 34.3 Å². The maximum Gasteiger partial charge on any atom is 0.415 e. The van der Waals surface area contributed by atoms with Crippen LogP contribution in [-0.4, -0.2) is 82.9 Å². The maximum atomic E-state index is 15.8. The van der Waals surface area contributed by atoms with Gasteiger partial charge in [-0.2, -0.15) is 0 Å². The minimum Gasteiger partial charge on any atom is -0.474 e. The molecular formula is C33H38ClF2N5O7. The van der Waals surface area contributed by atoms with Crippen molar-refractivity contribution in [3.63, 3.8) is 0 Å². The minimum atomic E-state index is -1.63. The molecule has 0 radical (unpaired) electrons. The molecule has 258 valence electrons. The molecule has 4 heterocycles. The zero-order chi connectivity index (χ0) is 35.1. The van der Waals surface area contributed by atoms with Gasteiger partial charge in [-0.05, 0) is 71.5 Å². The number of benzene rings is 1. The van der Waals surface area contributed by atoms with Crippen molar-refractivity contribution < 1.29 is 42.1 Å². The predicted molar refractivity (Wildman–Crippen MR) is 175 cm³/mol. The molecule has 1 N–H and O–H groups in total. The number of alkyl halides is 1. The number of rotatable bonds is 3. The fourth-order valence-electron chi connectivity index (χ4n) is 5.38. The quantitative estimate of drug-likeness (QED) is 0.279. The van der Waals surface area contributed by atoms with E-state index in [4.69, 9.17) is 30.5 Å². The Hall–Kier alpha value is -4.46. The van der Waals surface area contributed by atoms with E-state index in [-0.39, 0.29) is 60.3 Å². The van der Waals surface area contributed by atoms with E-state index < -0.39 is 47.6 Å². The maximum absolute atomic E-state index is 15.8. The third-order valence-electron chi connectivity index (χ3n) is 7.52. The largest absolute Gasteiger partial charge is 0.474 e. The summed E-state index contributed by atoms with van der Waals surface area (Å²) in [7, 11) is 0. The Labute approximate surface area is 281 Å². The van der Waals surface area contributed by atoms with Crippen molar-refractivity contribution in [1.82, 2.24) is 14.9 Å². The number of fused-ring (bicyclic) bond motifs is 2. The van der Waals surface area contributed by atoms with Gasteiger partial charge in [-0.15, -0.1) is 0 Å². The Morgan fingerprint density at radius 2 is 1.69 bits per heavy atom. The first kappa shape index (κ1) is 34.9. The highest BCUT2D eigenvalue weighted by Crippen LogP contribution is 2.42. The molecule has 48 heavy (non-hydrogen) atoms. The van der Waals surface area contributed by atoms with E-state index in [0.717, 1.165) is 0 Å². The van der Waals surface area contributed by atoms with Crippen molar-refractivity contribution in [3.05, 3.63) is 40.9 Å². The molecule has 1 aromatic carbocycles. The minimum absolute atomic E-state index is 0.0486. The van der Waals surface area contributed by atoms with Crippen molar-refractivity contribution in [2.75, 3.05) is 36.5 Å². The van der Waals surface area contributed by atoms with Gasteiger partial charge in [0.25, 0.3) is 0 Å². The second-order valence-electron chi connectivity index (χ2n) is 13.6. The van der Waals surface area contributed by atoms with Crippen LogP contribution in [0, 0.1) is 12.7 Å². The third kappa shape index (κ3) is 7.64. The molecule has 2 aliphatic rings. The van der Waals surface area contributed by atoms with Crippen LogP contribution in [0.2, 0.25) is 5.02 Å². The molecule has 3 aromatic rings. The molecule has 2 aliphatic heterocycles. The van der Waals surface area contributed by atoms with Crippen LogP contribution in [-0.2, 0) is 14.2 Å². The number of hydrogen-bond donors (Lipinski definition) is 1. The van der Waals surface area contributed by atoms with Crippen LogP contribution in [0.3, 0.4) is 0 Å². The highest BCUT2D eigenvalue weighted by atomic mass is 35.5. The molecule has 2 aromatic heterocycles. The number of halogens is 3. The number of likely N-dealkylation sites (tertiary alicyclic amines) is 1. The Morgan fingerprint density at radius 3 is 2.35 bits per heavy atom. The molecule has 1 fully saturated rings. The van der Waals surface area contributed by atoms with E-state index >= 15 is 4.39 Å². The molecule has 1 unspecified atom stereocenters. The van der Waals surface area contributed by atoms with Crippen LogP contribution >= 0.6 is 11.6 Å². The molecule has 0 aliphatic carbocycles. The highest BCUT2D eigenvalue weighted by molar-refractivity contribution is 6.36. The van der Waals surface area contributed by atoms with Gasteiger partial charge in [-0.25, -0.2) is 33.1 Å². The summed E-state index contributed by atoms with van der Waals surface area (Å²) in [5.41, 5.74) is -0.168. The van der Waals surface area contributed by atoms with Gasteiger partial charge >= 0.3 is 18.3 Å². The number of aromatic nitrogens is 2. The normalized spacial score (nSPS) is 18.1. The molecule has 0 spiro atoms. The Balaban J connectivity index is 1.36. The Bertz CT molecular complexity index is 1760. The van der Waals surface area contributed by atoms with E-state index in [0.29, 0.717) is 22.2 Å². The van der Waals surface area contributed by atoms with Gasteiger partial charge < -0.3 is 23.8 Å². The van der Waals surface area contributed by atoms with Gasteiger partial charge in [0, 0.05) is 41.9 Å². The standard InChI is InChI=1S/C33H38ClF2N5O7/c1-17-20(14-38-28-27(17)41(10-11-45-28)31(44)48-33(5,6)7)19-12-18-13-24(37-15-21(18)25(34)26(19)36)39-29(42)46-23-8-9-40(16-22(23)35)30(43)47-32(2,3)4/h12-15,22-23H,8-11,16H2,1-7H3,(H,37,39,42)/t22-,23?/m1/s1. The van der Waals surface area contributed by atoms with Gasteiger partial charge in [0.2, 0.25) is 5.88 Å². The zero-order valence-corrected chi connectivity index (χ0v) is 28.5. The van der Waals surface area contributed by atoms with E-state index in [1.54, 1.807) is 48.5 Å². The van der Waals surface area contributed by atoms with Crippen molar-refractivity contribution in [3.8, 4) is 17.0 Å². The Morgan fingerprint density at radius 1 is 1.00 bits per heavy atom. The second kappa shape index (κ2) is 13.2. The van der Waals surface area contributed by atoms with Crippen LogP contribution in [0.25, 0.3) is 21.9 Å². The number of piperidine rings is 1. The average molecular weight is 690 g/mol. The molecular weight excluding hydrogens is 652 g/mol. The number of carbonyl (C=O) groups is 3. The van der Waals surface area contributed by atoms with E-state index in [1.807, 2.05) is 0 Å². The highest BCUT2D eigenvalue weighted by Gasteiger charge is 2.36. The summed E-state index contributed by atoms with van der Waals surface area (Å²) < 4.78 is 52.6. The van der Waals surface area contributed by atoms with E-state index in [2.05, 4.69) is 15.3 Å². The number of amides is 3. The number of nitrogens with one attached hydrogen (secondary N) is 1. The first-order valence-corrected chi connectivity index (χ1v) is 15.8. The summed E-state index contributed by atoms with van der Waals surface area (Å²) in [6.07, 6.45) is -2.10. The molecule has 5 rings (SSSR count). The summed E-state index contributed by atoms with van der Waals surface area (Å²) in [6.45, 7) is 12.4. The summed E-state index contributed by atoms with van der Waals surface area (Å²) in [6, 6.07) is 3.00. The number of anilines is 2. The smallest absolute Gasteiger partial charge is 0.415 e. The molecule has 0 bridgehead atoms. The first-order chi connectivity index (χ1) is 22.4. The topological polar surface area (TPSA) is 132 Å². The van der Waals surface area contributed by atoms with Crippen molar-refractivity contribution in [2.24, 2.45) is 0 Å². The monoisotopic (exact) mass is 689 g/mol. The van der Waals surface area contributed by atoms with Gasteiger partial charge in [0.05, 0.1) is 18.1 Å². The van der Waals surface area contributed by atoms with E-state index in [9.17, 15) is 18.8 Å². The average Bonchev–Trinajstić information content (AvgIpc) is 2.98. The molecule has 3 amide bonds. The van der Waals surface area contributed by atoms with Crippen LogP contribution in [0.5, 0.6) is 5.88 Å². The lowest BCUT2D eigenvalue weighted by atomic mass is 9.97. The summed E-state index contributed by atoms with van der Waals surface area (Å²) in [4.78, 5) is 49.3. The molecule has 1 saturated heterocycles. The lowest BCUT2D eigenvalue weighted by molar-refractivity contribution is -0.0213. The number of pyridine rings is 2. The van der Waals surface area contributed by atoms with Crippen molar-refractivity contribution >= 4 is 52.2 Å². The van der Waals surface area contributed by atoms with Crippen LogP contribution in [0.4, 0.5) is 34.7 Å². The lowest BCUT2D eigenvalue weighted by Gasteiger charge is -2.35. The van der Waals surface area contributed by atoms with Crippen molar-refractivity contribution in [1.29, 1.82) is 0 Å². The summed E-state index contributed by atoms with van der Waals surface area (Å²) in [5, 5.41) is 2.97. The molecule has 2 atom stereocenters. The molecule has 0 saturated carbocycles. The van der Waals surface area contributed by atoms with Crippen molar-refractivity contribution in [2.45, 2.75) is 78.4 Å². The SMILES string of the molecule is Cc1c(-c2cc3cc(NC(=O)OC4CCN(C(=O)OC(C)(C)C)C[C@H]4F)ncc3c(Cl)c2F)cnc2c1N(C(=O)OC(C)(C)C)CCO2. The third-order valence-corrected chi connectivity index (χ3v) is 7.89. The van der Waals surface area contributed by atoms with Gasteiger partial charge in [-0.1, -0.05) is 11.6 Å². The number of hydrogen-bond acceptors (Lipinski definition) is 9. The summed E-state index contributed by atoms with van der Waals surface area (Å²) >= 11 is 6.47. The molecule has 12 nitrogen and oxygen atoms in total. The second-order valence-corrected chi connectivity index (χ2v) is 14.0. The number of nitrogens with zero attached hydrogens (tertiary/aromatic N) is 4. The molecule has 15 heteroatoms. The first-order valence-electron chi connectivity index (χ1n) is 15.4.